The van der Waals surface area contributed by atoms with E-state index in [0.29, 0.717) is 44.8 Å². The van der Waals surface area contributed by atoms with Gasteiger partial charge in [0.05, 0.1) is 12.2 Å². The first-order chi connectivity index (χ1) is 14.0. The van der Waals surface area contributed by atoms with Crippen LogP contribution in [0.25, 0.3) is 6.08 Å². The fourth-order valence-corrected chi connectivity index (χ4v) is 4.32. The zero-order valence-electron chi connectivity index (χ0n) is 16.4. The molecule has 1 aliphatic rings. The molecule has 0 bridgehead atoms. The summed E-state index contributed by atoms with van der Waals surface area (Å²) in [6, 6.07) is 12.8. The quantitative estimate of drug-likeness (QED) is 0.675. The highest BCUT2D eigenvalue weighted by atomic mass is 32.2. The minimum absolute atomic E-state index is 0.315. The van der Waals surface area contributed by atoms with Crippen molar-refractivity contribution in [3.8, 4) is 0 Å². The summed E-state index contributed by atoms with van der Waals surface area (Å²) in [7, 11) is -3.49. The van der Waals surface area contributed by atoms with E-state index in [2.05, 4.69) is 4.98 Å². The molecule has 0 spiro atoms. The van der Waals surface area contributed by atoms with Crippen LogP contribution in [0.1, 0.15) is 29.3 Å². The van der Waals surface area contributed by atoms with E-state index >= 15 is 0 Å². The summed E-state index contributed by atoms with van der Waals surface area (Å²) in [5, 5.41) is 1.27. The standard InChI is InChI=1S/C21H25N3O4S/c1-2-28-21(25)19-9-10-20(22-17-19)23-12-6-13-24(15-14-23)29(26,27)16-11-18-7-4-3-5-8-18/h3-5,7-11,16-17H,2,6,12-15H2,1H3/b16-11+. The number of nitrogens with zero attached hydrogens (tertiary/aromatic N) is 3. The number of anilines is 1. The fraction of sp³-hybridized carbons (Fsp3) is 0.333. The Morgan fingerprint density at radius 3 is 2.59 bits per heavy atom. The number of rotatable bonds is 6. The minimum atomic E-state index is -3.49. The van der Waals surface area contributed by atoms with Gasteiger partial charge in [-0.05, 0) is 37.1 Å². The largest absolute Gasteiger partial charge is 0.462 e. The second-order valence-corrected chi connectivity index (χ2v) is 8.44. The molecule has 1 aromatic heterocycles. The lowest BCUT2D eigenvalue weighted by atomic mass is 10.2. The number of carbonyl (C=O) groups excluding carboxylic acids is 1. The third kappa shape index (κ3) is 5.65. The molecular weight excluding hydrogens is 390 g/mol. The van der Waals surface area contributed by atoms with Crippen LogP contribution in [0.2, 0.25) is 0 Å². The number of pyridine rings is 1. The van der Waals surface area contributed by atoms with Crippen molar-refractivity contribution < 1.29 is 17.9 Å². The van der Waals surface area contributed by atoms with Gasteiger partial charge < -0.3 is 9.64 Å². The highest BCUT2D eigenvalue weighted by molar-refractivity contribution is 7.92. The van der Waals surface area contributed by atoms with Gasteiger partial charge in [-0.2, -0.15) is 4.31 Å². The summed E-state index contributed by atoms with van der Waals surface area (Å²) in [5.41, 5.74) is 1.25. The van der Waals surface area contributed by atoms with Crippen LogP contribution in [-0.2, 0) is 14.8 Å². The first-order valence-corrected chi connectivity index (χ1v) is 11.1. The van der Waals surface area contributed by atoms with Crippen molar-refractivity contribution >= 4 is 27.9 Å². The van der Waals surface area contributed by atoms with Crippen molar-refractivity contribution in [2.75, 3.05) is 37.7 Å². The second kappa shape index (κ2) is 9.67. The third-order valence-corrected chi connectivity index (χ3v) is 6.19. The number of benzene rings is 1. The Hall–Kier alpha value is -2.71. The predicted octanol–water partition coefficient (Wildman–Crippen LogP) is 2.77. The highest BCUT2D eigenvalue weighted by Gasteiger charge is 2.23. The van der Waals surface area contributed by atoms with Crippen LogP contribution in [0.15, 0.2) is 54.1 Å². The van der Waals surface area contributed by atoms with E-state index in [4.69, 9.17) is 4.74 Å². The monoisotopic (exact) mass is 415 g/mol. The Morgan fingerprint density at radius 1 is 1.10 bits per heavy atom. The van der Waals surface area contributed by atoms with E-state index in [1.54, 1.807) is 25.1 Å². The van der Waals surface area contributed by atoms with Gasteiger partial charge in [0.15, 0.2) is 0 Å². The number of hydrogen-bond acceptors (Lipinski definition) is 6. The van der Waals surface area contributed by atoms with Crippen LogP contribution in [-0.4, -0.2) is 56.5 Å². The second-order valence-electron chi connectivity index (χ2n) is 6.62. The van der Waals surface area contributed by atoms with Gasteiger partial charge in [0, 0.05) is 37.8 Å². The molecule has 1 saturated heterocycles. The van der Waals surface area contributed by atoms with Crippen LogP contribution in [0.3, 0.4) is 0 Å². The number of ether oxygens (including phenoxy) is 1. The lowest BCUT2D eigenvalue weighted by molar-refractivity contribution is 0.0526. The smallest absolute Gasteiger partial charge is 0.339 e. The maximum absolute atomic E-state index is 12.7. The Bertz CT molecular complexity index is 944. The van der Waals surface area contributed by atoms with E-state index in [9.17, 15) is 13.2 Å². The molecule has 2 aromatic rings. The number of esters is 1. The molecule has 0 aliphatic carbocycles. The van der Waals surface area contributed by atoms with Crippen LogP contribution in [0.4, 0.5) is 5.82 Å². The molecule has 0 atom stereocenters. The van der Waals surface area contributed by atoms with Crippen molar-refractivity contribution in [1.82, 2.24) is 9.29 Å². The number of aromatic nitrogens is 1. The van der Waals surface area contributed by atoms with Gasteiger partial charge in [-0.25, -0.2) is 18.2 Å². The first-order valence-electron chi connectivity index (χ1n) is 9.61. The van der Waals surface area contributed by atoms with Gasteiger partial charge in [0.1, 0.15) is 5.82 Å². The van der Waals surface area contributed by atoms with Crippen molar-refractivity contribution in [3.63, 3.8) is 0 Å². The van der Waals surface area contributed by atoms with Gasteiger partial charge in [0.25, 0.3) is 0 Å². The zero-order chi connectivity index (χ0) is 20.7. The molecule has 1 aliphatic heterocycles. The highest BCUT2D eigenvalue weighted by Crippen LogP contribution is 2.17. The SMILES string of the molecule is CCOC(=O)c1ccc(N2CCCN(S(=O)(=O)/C=C/c3ccccc3)CC2)nc1. The summed E-state index contributed by atoms with van der Waals surface area (Å²) in [6.45, 7) is 4.13. The topological polar surface area (TPSA) is 79.8 Å². The van der Waals surface area contributed by atoms with E-state index in [-0.39, 0.29) is 0 Å². The van der Waals surface area contributed by atoms with E-state index in [1.165, 1.54) is 15.9 Å². The maximum atomic E-state index is 12.7. The molecule has 0 saturated carbocycles. The van der Waals surface area contributed by atoms with Crippen molar-refractivity contribution in [2.24, 2.45) is 0 Å². The van der Waals surface area contributed by atoms with Crippen LogP contribution in [0.5, 0.6) is 0 Å². The molecule has 0 amide bonds. The molecule has 2 heterocycles. The van der Waals surface area contributed by atoms with E-state index in [1.807, 2.05) is 35.2 Å². The summed E-state index contributed by atoms with van der Waals surface area (Å²) >= 11 is 0. The minimum Gasteiger partial charge on any atom is -0.462 e. The van der Waals surface area contributed by atoms with Crippen LogP contribution < -0.4 is 4.90 Å². The molecule has 7 nitrogen and oxygen atoms in total. The van der Waals surface area contributed by atoms with Crippen molar-refractivity contribution in [3.05, 3.63) is 65.2 Å². The van der Waals surface area contributed by atoms with Gasteiger partial charge in [-0.1, -0.05) is 30.3 Å². The molecule has 154 valence electrons. The molecule has 8 heteroatoms. The molecule has 1 aromatic carbocycles. The Kier molecular flexibility index (Phi) is 7.00. The molecule has 29 heavy (non-hydrogen) atoms. The van der Waals surface area contributed by atoms with Gasteiger partial charge >= 0.3 is 5.97 Å². The molecule has 0 N–H and O–H groups in total. The van der Waals surface area contributed by atoms with E-state index < -0.39 is 16.0 Å². The number of sulfonamides is 1. The average molecular weight is 416 g/mol. The lowest BCUT2D eigenvalue weighted by Crippen LogP contribution is -2.34. The Balaban J connectivity index is 1.64. The van der Waals surface area contributed by atoms with Gasteiger partial charge in [-0.3, -0.25) is 0 Å². The van der Waals surface area contributed by atoms with Gasteiger partial charge in [-0.15, -0.1) is 0 Å². The Morgan fingerprint density at radius 2 is 1.90 bits per heavy atom. The van der Waals surface area contributed by atoms with Crippen molar-refractivity contribution in [1.29, 1.82) is 0 Å². The number of carbonyl (C=O) groups is 1. The van der Waals surface area contributed by atoms with E-state index in [0.717, 1.165) is 11.4 Å². The summed E-state index contributed by atoms with van der Waals surface area (Å²) < 4.78 is 31.8. The zero-order valence-corrected chi connectivity index (χ0v) is 17.2. The average Bonchev–Trinajstić information content (AvgIpc) is 3.00. The first kappa shape index (κ1) is 21.0. The summed E-state index contributed by atoms with van der Waals surface area (Å²) in [6.07, 6.45) is 3.81. The van der Waals surface area contributed by atoms with Crippen LogP contribution in [0, 0.1) is 0 Å². The predicted molar refractivity (Wildman–Crippen MR) is 113 cm³/mol. The maximum Gasteiger partial charge on any atom is 0.339 e. The molecule has 0 radical (unpaired) electrons. The number of hydrogen-bond donors (Lipinski definition) is 0. The normalized spacial score (nSPS) is 16.0. The molecular formula is C21H25N3O4S. The molecule has 1 fully saturated rings. The Labute approximate surface area is 171 Å². The fourth-order valence-electron chi connectivity index (χ4n) is 3.10. The lowest BCUT2D eigenvalue weighted by Gasteiger charge is -2.22. The van der Waals surface area contributed by atoms with Crippen molar-refractivity contribution in [2.45, 2.75) is 13.3 Å². The summed E-state index contributed by atoms with van der Waals surface area (Å²) in [4.78, 5) is 18.1. The summed E-state index contributed by atoms with van der Waals surface area (Å²) in [5.74, 6) is 0.321. The van der Waals surface area contributed by atoms with Gasteiger partial charge in [0.2, 0.25) is 10.0 Å². The third-order valence-electron chi connectivity index (χ3n) is 4.63. The molecule has 0 unspecified atom stereocenters. The van der Waals surface area contributed by atoms with Crippen LogP contribution >= 0.6 is 0 Å². The molecule has 3 rings (SSSR count).